The van der Waals surface area contributed by atoms with Crippen molar-refractivity contribution in [3.63, 3.8) is 0 Å². The summed E-state index contributed by atoms with van der Waals surface area (Å²) in [7, 11) is 0. The van der Waals surface area contributed by atoms with E-state index in [-0.39, 0.29) is 23.8 Å². The lowest BCUT2D eigenvalue weighted by molar-refractivity contribution is -0.116. The van der Waals surface area contributed by atoms with Crippen LogP contribution in [0, 0.1) is 6.92 Å². The summed E-state index contributed by atoms with van der Waals surface area (Å²) in [5.74, 6) is 0.187. The number of amides is 2. The fraction of sp³-hybridized carbons (Fsp3) is 0.300. The molecule has 0 spiro atoms. The highest BCUT2D eigenvalue weighted by atomic mass is 16.2. The molecule has 0 aliphatic heterocycles. The van der Waals surface area contributed by atoms with Gasteiger partial charge in [-0.25, -0.2) is 4.68 Å². The van der Waals surface area contributed by atoms with Gasteiger partial charge in [-0.3, -0.25) is 9.59 Å². The maximum atomic E-state index is 13.5. The van der Waals surface area contributed by atoms with Gasteiger partial charge in [0, 0.05) is 23.6 Å². The van der Waals surface area contributed by atoms with Gasteiger partial charge in [0.2, 0.25) is 5.91 Å². The van der Waals surface area contributed by atoms with Gasteiger partial charge in [-0.1, -0.05) is 82.3 Å². The number of nitrogens with one attached hydrogen (secondary N) is 1. The van der Waals surface area contributed by atoms with E-state index in [1.807, 2.05) is 86.6 Å². The highest BCUT2D eigenvalue weighted by Gasteiger charge is 2.24. The molecule has 186 valence electrons. The number of nitrogens with zero attached hydrogens (tertiary/aromatic N) is 3. The van der Waals surface area contributed by atoms with E-state index in [1.165, 1.54) is 0 Å². The topological polar surface area (TPSA) is 67.2 Å². The number of carbonyl (C=O) groups excluding carboxylic acids is 2. The first kappa shape index (κ1) is 25.2. The number of hydrogen-bond donors (Lipinski definition) is 1. The molecular formula is C30H34N4O2. The number of carbonyl (C=O) groups is 2. The smallest absolute Gasteiger partial charge is 0.254 e. The monoisotopic (exact) mass is 482 g/mol. The van der Waals surface area contributed by atoms with E-state index < -0.39 is 0 Å². The predicted molar refractivity (Wildman–Crippen MR) is 146 cm³/mol. The first-order valence-electron chi connectivity index (χ1n) is 12.4. The third-order valence-electron chi connectivity index (χ3n) is 6.22. The van der Waals surface area contributed by atoms with Gasteiger partial charge in [0.05, 0.1) is 11.4 Å². The number of benzene rings is 3. The third-order valence-corrected chi connectivity index (χ3v) is 6.22. The van der Waals surface area contributed by atoms with Crippen LogP contribution in [-0.4, -0.2) is 39.6 Å². The molecule has 1 aromatic heterocycles. The van der Waals surface area contributed by atoms with E-state index in [9.17, 15) is 9.59 Å². The van der Waals surface area contributed by atoms with Crippen molar-refractivity contribution in [1.82, 2.24) is 14.7 Å². The second kappa shape index (κ2) is 10.4. The normalized spacial score (nSPS) is 11.5. The van der Waals surface area contributed by atoms with Gasteiger partial charge >= 0.3 is 0 Å². The van der Waals surface area contributed by atoms with Crippen LogP contribution in [0.1, 0.15) is 55.7 Å². The van der Waals surface area contributed by atoms with Crippen molar-refractivity contribution in [3.8, 4) is 5.69 Å². The lowest BCUT2D eigenvalue weighted by Gasteiger charge is -2.22. The molecule has 6 heteroatoms. The number of aromatic nitrogens is 2. The first-order chi connectivity index (χ1) is 17.2. The molecule has 0 saturated carbocycles. The van der Waals surface area contributed by atoms with E-state index in [0.29, 0.717) is 17.9 Å². The van der Waals surface area contributed by atoms with Gasteiger partial charge in [0.25, 0.3) is 5.91 Å². The summed E-state index contributed by atoms with van der Waals surface area (Å²) < 4.78 is 1.78. The molecule has 2 amide bonds. The summed E-state index contributed by atoms with van der Waals surface area (Å²) in [6, 6.07) is 23.4. The Morgan fingerprint density at radius 2 is 1.67 bits per heavy atom. The van der Waals surface area contributed by atoms with Gasteiger partial charge in [-0.2, -0.15) is 5.10 Å². The number of fused-ring (bicyclic) bond motifs is 1. The fourth-order valence-corrected chi connectivity index (χ4v) is 4.28. The average Bonchev–Trinajstić information content (AvgIpc) is 3.27. The molecule has 4 aromatic rings. The summed E-state index contributed by atoms with van der Waals surface area (Å²) in [6.45, 7) is 10.7. The molecule has 1 heterocycles. The molecule has 0 aliphatic rings. The Labute approximate surface area is 212 Å². The van der Waals surface area contributed by atoms with E-state index in [1.54, 1.807) is 9.58 Å². The van der Waals surface area contributed by atoms with Crippen LogP contribution in [-0.2, 0) is 10.2 Å². The van der Waals surface area contributed by atoms with Crippen LogP contribution in [0.25, 0.3) is 16.5 Å². The van der Waals surface area contributed by atoms with Crippen molar-refractivity contribution in [1.29, 1.82) is 0 Å². The molecule has 0 unspecified atom stereocenters. The Bertz CT molecular complexity index is 1390. The van der Waals surface area contributed by atoms with Crippen LogP contribution in [0.15, 0.2) is 72.8 Å². The molecular weight excluding hydrogens is 448 g/mol. The SMILES string of the molecule is CCCN(CC(=O)Nc1cc(C(C)(C)C)nn1-c1ccccc1C)C(=O)c1cccc2ccccc12. The van der Waals surface area contributed by atoms with Gasteiger partial charge < -0.3 is 10.2 Å². The second-order valence-electron chi connectivity index (χ2n) is 10.2. The van der Waals surface area contributed by atoms with Crippen molar-refractivity contribution in [2.75, 3.05) is 18.4 Å². The molecule has 0 fully saturated rings. The highest BCUT2D eigenvalue weighted by molar-refractivity contribution is 6.08. The minimum absolute atomic E-state index is 0.0420. The minimum atomic E-state index is -0.257. The summed E-state index contributed by atoms with van der Waals surface area (Å²) >= 11 is 0. The lowest BCUT2D eigenvalue weighted by Crippen LogP contribution is -2.38. The van der Waals surface area contributed by atoms with Crippen molar-refractivity contribution >= 4 is 28.4 Å². The third kappa shape index (κ3) is 5.33. The van der Waals surface area contributed by atoms with Gasteiger partial charge in [-0.05, 0) is 41.8 Å². The summed E-state index contributed by atoms with van der Waals surface area (Å²) in [5.41, 5.74) is 3.25. The fourth-order valence-electron chi connectivity index (χ4n) is 4.28. The molecule has 4 rings (SSSR count). The molecule has 3 aromatic carbocycles. The Kier molecular flexibility index (Phi) is 7.25. The molecule has 0 aliphatic carbocycles. The largest absolute Gasteiger partial charge is 0.329 e. The standard InChI is InChI=1S/C30H34N4O2/c1-6-18-33(29(36)24-16-11-14-22-13-8-9-15-23(22)24)20-28(35)31-27-19-26(30(3,4)5)32-34(27)25-17-10-7-12-21(25)2/h7-17,19H,6,18,20H2,1-5H3,(H,31,35). The van der Waals surface area contributed by atoms with Crippen LogP contribution in [0.4, 0.5) is 5.82 Å². The molecule has 0 saturated heterocycles. The van der Waals surface area contributed by atoms with Gasteiger partial charge in [0.15, 0.2) is 0 Å². The molecule has 0 atom stereocenters. The van der Waals surface area contributed by atoms with Crippen molar-refractivity contribution < 1.29 is 9.59 Å². The average molecular weight is 483 g/mol. The van der Waals surface area contributed by atoms with Crippen LogP contribution in [0.5, 0.6) is 0 Å². The van der Waals surface area contributed by atoms with Crippen LogP contribution >= 0.6 is 0 Å². The number of aryl methyl sites for hydroxylation is 1. The maximum absolute atomic E-state index is 13.5. The van der Waals surface area contributed by atoms with Crippen LogP contribution in [0.2, 0.25) is 0 Å². The molecule has 1 N–H and O–H groups in total. The quantitative estimate of drug-likeness (QED) is 0.345. The van der Waals surface area contributed by atoms with E-state index >= 15 is 0 Å². The zero-order chi connectivity index (χ0) is 25.9. The van der Waals surface area contributed by atoms with E-state index in [4.69, 9.17) is 5.10 Å². The number of rotatable bonds is 7. The number of hydrogen-bond acceptors (Lipinski definition) is 3. The number of anilines is 1. The Balaban J connectivity index is 1.62. The van der Waals surface area contributed by atoms with Crippen molar-refractivity contribution in [2.24, 2.45) is 0 Å². The van der Waals surface area contributed by atoms with E-state index in [0.717, 1.165) is 34.1 Å². The predicted octanol–water partition coefficient (Wildman–Crippen LogP) is 6.12. The zero-order valence-electron chi connectivity index (χ0n) is 21.7. The summed E-state index contributed by atoms with van der Waals surface area (Å²) in [4.78, 5) is 28.4. The van der Waals surface area contributed by atoms with Crippen molar-refractivity contribution in [3.05, 3.63) is 89.6 Å². The minimum Gasteiger partial charge on any atom is -0.329 e. The molecule has 0 bridgehead atoms. The van der Waals surface area contributed by atoms with Crippen molar-refractivity contribution in [2.45, 2.75) is 46.5 Å². The summed E-state index contributed by atoms with van der Waals surface area (Å²) in [5, 5.41) is 9.74. The second-order valence-corrected chi connectivity index (χ2v) is 10.2. The summed E-state index contributed by atoms with van der Waals surface area (Å²) in [6.07, 6.45) is 0.749. The van der Waals surface area contributed by atoms with Gasteiger partial charge in [-0.15, -0.1) is 0 Å². The molecule has 0 radical (unpaired) electrons. The molecule has 36 heavy (non-hydrogen) atoms. The Morgan fingerprint density at radius 1 is 0.972 bits per heavy atom. The maximum Gasteiger partial charge on any atom is 0.254 e. The zero-order valence-corrected chi connectivity index (χ0v) is 21.7. The lowest BCUT2D eigenvalue weighted by atomic mass is 9.92. The van der Waals surface area contributed by atoms with Crippen LogP contribution < -0.4 is 5.32 Å². The first-order valence-corrected chi connectivity index (χ1v) is 12.4. The van der Waals surface area contributed by atoms with Crippen LogP contribution in [0.3, 0.4) is 0 Å². The van der Waals surface area contributed by atoms with E-state index in [2.05, 4.69) is 26.1 Å². The highest BCUT2D eigenvalue weighted by Crippen LogP contribution is 2.27. The number of para-hydroxylation sites is 1. The van der Waals surface area contributed by atoms with Gasteiger partial charge in [0.1, 0.15) is 12.4 Å². The Morgan fingerprint density at radius 3 is 2.39 bits per heavy atom. The Hall–Kier alpha value is -3.93. The molecule has 6 nitrogen and oxygen atoms in total.